The zero-order valence-electron chi connectivity index (χ0n) is 9.98. The minimum atomic E-state index is 0.264. The maximum absolute atomic E-state index is 12.0. The highest BCUT2D eigenvalue weighted by atomic mass is 32.1. The quantitative estimate of drug-likeness (QED) is 0.718. The highest BCUT2D eigenvalue weighted by molar-refractivity contribution is 7.09. The summed E-state index contributed by atoms with van der Waals surface area (Å²) in [5.41, 5.74) is 1.95. The molecule has 1 aromatic carbocycles. The lowest BCUT2D eigenvalue weighted by molar-refractivity contribution is 0.0979. The third kappa shape index (κ3) is 3.27. The van der Waals surface area contributed by atoms with Gasteiger partial charge in [-0.05, 0) is 36.8 Å². The van der Waals surface area contributed by atoms with Gasteiger partial charge in [-0.1, -0.05) is 30.3 Å². The number of benzene rings is 1. The Kier molecular flexibility index (Phi) is 4.10. The van der Waals surface area contributed by atoms with Gasteiger partial charge in [0.05, 0.1) is 0 Å². The topological polar surface area (TPSA) is 17.1 Å². The van der Waals surface area contributed by atoms with E-state index in [2.05, 4.69) is 17.5 Å². The first-order chi connectivity index (χ1) is 8.27. The molecular formula is C15H16OS. The number of thiophene rings is 1. The molecule has 0 fully saturated rings. The van der Waals surface area contributed by atoms with Gasteiger partial charge in [-0.3, -0.25) is 4.79 Å². The van der Waals surface area contributed by atoms with Crippen LogP contribution in [-0.4, -0.2) is 5.78 Å². The third-order valence-electron chi connectivity index (χ3n) is 2.85. The Labute approximate surface area is 106 Å². The molecule has 0 radical (unpaired) electrons. The van der Waals surface area contributed by atoms with Crippen molar-refractivity contribution in [3.8, 4) is 0 Å². The molecule has 2 rings (SSSR count). The number of hydrogen-bond donors (Lipinski definition) is 0. The second-order valence-electron chi connectivity index (χ2n) is 4.17. The van der Waals surface area contributed by atoms with E-state index in [0.717, 1.165) is 24.0 Å². The number of carbonyl (C=O) groups excluding carboxylic acids is 1. The predicted octanol–water partition coefficient (Wildman–Crippen LogP) is 4.26. The van der Waals surface area contributed by atoms with Crippen LogP contribution in [0.3, 0.4) is 0 Å². The largest absolute Gasteiger partial charge is 0.294 e. The van der Waals surface area contributed by atoms with Gasteiger partial charge in [-0.15, -0.1) is 11.3 Å². The lowest BCUT2D eigenvalue weighted by Gasteiger charge is -2.03. The lowest BCUT2D eigenvalue weighted by atomic mass is 10.0. The maximum Gasteiger partial charge on any atom is 0.163 e. The molecule has 0 aliphatic carbocycles. The van der Waals surface area contributed by atoms with Crippen molar-refractivity contribution in [3.63, 3.8) is 0 Å². The average molecular weight is 244 g/mol. The van der Waals surface area contributed by atoms with Crippen LogP contribution < -0.4 is 0 Å². The maximum atomic E-state index is 12.0. The van der Waals surface area contributed by atoms with Gasteiger partial charge in [-0.2, -0.15) is 0 Å². The van der Waals surface area contributed by atoms with Crippen molar-refractivity contribution in [2.75, 3.05) is 0 Å². The molecule has 0 amide bonds. The minimum absolute atomic E-state index is 0.264. The molecular weight excluding hydrogens is 228 g/mol. The average Bonchev–Trinajstić information content (AvgIpc) is 2.82. The molecule has 0 aliphatic heterocycles. The van der Waals surface area contributed by atoms with Crippen molar-refractivity contribution < 1.29 is 4.79 Å². The van der Waals surface area contributed by atoms with Crippen LogP contribution in [0.5, 0.6) is 0 Å². The predicted molar refractivity (Wildman–Crippen MR) is 72.8 cm³/mol. The van der Waals surface area contributed by atoms with Crippen molar-refractivity contribution in [3.05, 3.63) is 57.8 Å². The van der Waals surface area contributed by atoms with Crippen LogP contribution >= 0.6 is 11.3 Å². The van der Waals surface area contributed by atoms with Crippen molar-refractivity contribution in [1.82, 2.24) is 0 Å². The number of aryl methyl sites for hydroxylation is 2. The summed E-state index contributed by atoms with van der Waals surface area (Å²) < 4.78 is 0. The van der Waals surface area contributed by atoms with E-state index in [1.54, 1.807) is 11.3 Å². The molecule has 0 spiro atoms. The molecule has 0 saturated heterocycles. The molecule has 0 aliphatic rings. The molecule has 0 N–H and O–H groups in total. The van der Waals surface area contributed by atoms with Gasteiger partial charge in [0.2, 0.25) is 0 Å². The molecule has 1 heterocycles. The monoisotopic (exact) mass is 244 g/mol. The van der Waals surface area contributed by atoms with Crippen molar-refractivity contribution >= 4 is 17.1 Å². The minimum Gasteiger partial charge on any atom is -0.294 e. The van der Waals surface area contributed by atoms with Gasteiger partial charge >= 0.3 is 0 Å². The Morgan fingerprint density at radius 1 is 1.18 bits per heavy atom. The molecule has 0 saturated carbocycles. The number of carbonyl (C=O) groups is 1. The zero-order chi connectivity index (χ0) is 12.1. The van der Waals surface area contributed by atoms with Crippen molar-refractivity contribution in [1.29, 1.82) is 0 Å². The third-order valence-corrected chi connectivity index (χ3v) is 3.79. The van der Waals surface area contributed by atoms with E-state index in [0.29, 0.717) is 6.42 Å². The normalized spacial score (nSPS) is 10.4. The molecule has 2 aromatic rings. The summed E-state index contributed by atoms with van der Waals surface area (Å²) in [5.74, 6) is 0.264. The molecule has 0 atom stereocenters. The Hall–Kier alpha value is -1.41. The standard InChI is InChI=1S/C15H16OS/c1-12-6-2-3-9-14(12)15(16)10-4-7-13-8-5-11-17-13/h2-3,5-6,8-9,11H,4,7,10H2,1H3. The molecule has 2 heteroatoms. The number of hydrogen-bond acceptors (Lipinski definition) is 2. The molecule has 1 aromatic heterocycles. The molecule has 0 bridgehead atoms. The van der Waals surface area contributed by atoms with Crippen molar-refractivity contribution in [2.24, 2.45) is 0 Å². The molecule has 1 nitrogen and oxygen atoms in total. The Bertz CT molecular complexity index is 485. The van der Waals surface area contributed by atoms with Crippen LogP contribution in [0.1, 0.15) is 33.6 Å². The fourth-order valence-electron chi connectivity index (χ4n) is 1.90. The van der Waals surface area contributed by atoms with E-state index in [9.17, 15) is 4.79 Å². The van der Waals surface area contributed by atoms with Gasteiger partial charge in [-0.25, -0.2) is 0 Å². The summed E-state index contributed by atoms with van der Waals surface area (Å²) >= 11 is 1.76. The van der Waals surface area contributed by atoms with Crippen molar-refractivity contribution in [2.45, 2.75) is 26.2 Å². The van der Waals surface area contributed by atoms with E-state index in [-0.39, 0.29) is 5.78 Å². The van der Waals surface area contributed by atoms with Gasteiger partial charge in [0.15, 0.2) is 5.78 Å². The summed E-state index contributed by atoms with van der Waals surface area (Å²) in [5, 5.41) is 2.08. The Morgan fingerprint density at radius 2 is 2.00 bits per heavy atom. The second kappa shape index (κ2) is 5.78. The van der Waals surface area contributed by atoms with Gasteiger partial charge in [0.25, 0.3) is 0 Å². The summed E-state index contributed by atoms with van der Waals surface area (Å²) in [6.07, 6.45) is 2.59. The second-order valence-corrected chi connectivity index (χ2v) is 5.20. The molecule has 17 heavy (non-hydrogen) atoms. The summed E-state index contributed by atoms with van der Waals surface area (Å²) in [7, 11) is 0. The lowest BCUT2D eigenvalue weighted by Crippen LogP contribution is -2.01. The summed E-state index contributed by atoms with van der Waals surface area (Å²) in [4.78, 5) is 13.4. The van der Waals surface area contributed by atoms with Gasteiger partial charge < -0.3 is 0 Å². The highest BCUT2D eigenvalue weighted by Gasteiger charge is 2.07. The van der Waals surface area contributed by atoms with E-state index in [4.69, 9.17) is 0 Å². The number of rotatable bonds is 5. The Balaban J connectivity index is 1.88. The highest BCUT2D eigenvalue weighted by Crippen LogP contribution is 2.15. The van der Waals surface area contributed by atoms with E-state index < -0.39 is 0 Å². The molecule has 0 unspecified atom stereocenters. The fraction of sp³-hybridized carbons (Fsp3) is 0.267. The van der Waals surface area contributed by atoms with E-state index in [1.807, 2.05) is 31.2 Å². The van der Waals surface area contributed by atoms with Crippen LogP contribution in [0.25, 0.3) is 0 Å². The van der Waals surface area contributed by atoms with E-state index in [1.165, 1.54) is 4.88 Å². The first-order valence-electron chi connectivity index (χ1n) is 5.88. The zero-order valence-corrected chi connectivity index (χ0v) is 10.8. The first kappa shape index (κ1) is 12.1. The SMILES string of the molecule is Cc1ccccc1C(=O)CCCc1cccs1. The number of Topliss-reactive ketones (excluding diaryl/α,β-unsaturated/α-hetero) is 1. The summed E-state index contributed by atoms with van der Waals surface area (Å²) in [6.45, 7) is 1.99. The van der Waals surface area contributed by atoms with Crippen LogP contribution in [-0.2, 0) is 6.42 Å². The van der Waals surface area contributed by atoms with E-state index >= 15 is 0 Å². The van der Waals surface area contributed by atoms with Crippen LogP contribution in [0.15, 0.2) is 41.8 Å². The first-order valence-corrected chi connectivity index (χ1v) is 6.76. The fourth-order valence-corrected chi connectivity index (χ4v) is 2.65. The number of ketones is 1. The van der Waals surface area contributed by atoms with Crippen LogP contribution in [0.2, 0.25) is 0 Å². The smallest absolute Gasteiger partial charge is 0.163 e. The summed E-state index contributed by atoms with van der Waals surface area (Å²) in [6, 6.07) is 12.0. The van der Waals surface area contributed by atoms with Crippen LogP contribution in [0.4, 0.5) is 0 Å². The molecule has 88 valence electrons. The van der Waals surface area contributed by atoms with Gasteiger partial charge in [0, 0.05) is 16.9 Å². The Morgan fingerprint density at radius 3 is 2.71 bits per heavy atom. The van der Waals surface area contributed by atoms with Crippen LogP contribution in [0, 0.1) is 6.92 Å². The van der Waals surface area contributed by atoms with Gasteiger partial charge in [0.1, 0.15) is 0 Å².